The number of carbonyl (C=O) groups is 1. The van der Waals surface area contributed by atoms with E-state index < -0.39 is 0 Å². The normalized spacial score (nSPS) is 10.8. The van der Waals surface area contributed by atoms with Crippen molar-refractivity contribution in [1.82, 2.24) is 0 Å². The summed E-state index contributed by atoms with van der Waals surface area (Å²) in [6.45, 7) is 0. The lowest BCUT2D eigenvalue weighted by molar-refractivity contribution is -0.114. The van der Waals surface area contributed by atoms with Gasteiger partial charge in [0, 0.05) is 11.4 Å². The Labute approximate surface area is 136 Å². The summed E-state index contributed by atoms with van der Waals surface area (Å²) in [6, 6.07) is 15.4. The molecule has 2 aromatic rings. The fourth-order valence-corrected chi connectivity index (χ4v) is 2.27. The van der Waals surface area contributed by atoms with Gasteiger partial charge in [-0.2, -0.15) is 0 Å². The zero-order valence-corrected chi connectivity index (χ0v) is 13.3. The van der Waals surface area contributed by atoms with Crippen LogP contribution in [0.25, 0.3) is 6.08 Å². The number of halogens is 1. The van der Waals surface area contributed by atoms with Gasteiger partial charge in [0.1, 0.15) is 5.75 Å². The van der Waals surface area contributed by atoms with Gasteiger partial charge >= 0.3 is 0 Å². The molecule has 0 spiro atoms. The summed E-state index contributed by atoms with van der Waals surface area (Å²) in [5.74, 6) is 0.990. The first kappa shape index (κ1) is 16.3. The molecule has 114 valence electrons. The van der Waals surface area contributed by atoms with Gasteiger partial charge in [0.2, 0.25) is 0 Å². The second kappa shape index (κ2) is 8.40. The Morgan fingerprint density at radius 1 is 1.18 bits per heavy atom. The number of ether oxygens (including phenoxy) is 1. The van der Waals surface area contributed by atoms with E-state index in [0.29, 0.717) is 11.4 Å². The first-order valence-electron chi connectivity index (χ1n) is 7.27. The third kappa shape index (κ3) is 5.38. The minimum absolute atomic E-state index is 0.137. The van der Waals surface area contributed by atoms with Gasteiger partial charge < -0.3 is 4.74 Å². The number of benzene rings is 2. The average molecular weight is 315 g/mol. The van der Waals surface area contributed by atoms with Crippen molar-refractivity contribution in [1.29, 1.82) is 0 Å². The standard InChI is InChI=1S/C19H19ClO2/c1-22-19-7-3-5-16(14-19)4-2-6-18(21)13-10-15-8-11-17(20)12-9-15/h3,5,7-14H,2,4,6H2,1H3/b13-10+. The molecule has 2 rings (SSSR count). The molecule has 0 unspecified atom stereocenters. The summed E-state index contributed by atoms with van der Waals surface area (Å²) >= 11 is 5.82. The highest BCUT2D eigenvalue weighted by Crippen LogP contribution is 2.15. The highest BCUT2D eigenvalue weighted by molar-refractivity contribution is 6.30. The molecule has 0 radical (unpaired) electrons. The SMILES string of the molecule is COc1cccc(CCCC(=O)/C=C/c2ccc(Cl)cc2)c1. The van der Waals surface area contributed by atoms with Crippen LogP contribution in [-0.2, 0) is 11.2 Å². The molecule has 0 amide bonds. The topological polar surface area (TPSA) is 26.3 Å². The molecular formula is C19H19ClO2. The van der Waals surface area contributed by atoms with Crippen LogP contribution in [-0.4, -0.2) is 12.9 Å². The Morgan fingerprint density at radius 3 is 2.68 bits per heavy atom. The highest BCUT2D eigenvalue weighted by atomic mass is 35.5. The Bertz CT molecular complexity index is 645. The molecule has 0 N–H and O–H groups in total. The van der Waals surface area contributed by atoms with Gasteiger partial charge in [0.15, 0.2) is 5.78 Å². The lowest BCUT2D eigenvalue weighted by Crippen LogP contribution is -1.95. The van der Waals surface area contributed by atoms with Gasteiger partial charge in [-0.05, 0) is 54.3 Å². The van der Waals surface area contributed by atoms with Crippen LogP contribution in [0, 0.1) is 0 Å². The molecule has 3 heteroatoms. The van der Waals surface area contributed by atoms with Crippen molar-refractivity contribution < 1.29 is 9.53 Å². The zero-order chi connectivity index (χ0) is 15.8. The van der Waals surface area contributed by atoms with E-state index in [0.717, 1.165) is 24.2 Å². The Morgan fingerprint density at radius 2 is 1.95 bits per heavy atom. The maximum Gasteiger partial charge on any atom is 0.155 e. The molecule has 0 aromatic heterocycles. The maximum absolute atomic E-state index is 11.9. The van der Waals surface area contributed by atoms with Gasteiger partial charge in [-0.1, -0.05) is 41.9 Å². The number of aryl methyl sites for hydroxylation is 1. The number of ketones is 1. The smallest absolute Gasteiger partial charge is 0.155 e. The molecule has 0 aliphatic rings. The summed E-state index contributed by atoms with van der Waals surface area (Å²) in [5, 5.41) is 0.696. The number of allylic oxidation sites excluding steroid dienone is 1. The lowest BCUT2D eigenvalue weighted by atomic mass is 10.1. The molecule has 22 heavy (non-hydrogen) atoms. The van der Waals surface area contributed by atoms with Crippen molar-refractivity contribution in [2.45, 2.75) is 19.3 Å². The predicted octanol–water partition coefficient (Wildman–Crippen LogP) is 4.95. The summed E-state index contributed by atoms with van der Waals surface area (Å²) in [4.78, 5) is 11.9. The fraction of sp³-hybridized carbons (Fsp3) is 0.211. The van der Waals surface area contributed by atoms with Crippen LogP contribution in [0.2, 0.25) is 5.02 Å². The van der Waals surface area contributed by atoms with E-state index in [9.17, 15) is 4.79 Å². The molecular weight excluding hydrogens is 296 g/mol. The average Bonchev–Trinajstić information content (AvgIpc) is 2.54. The first-order valence-corrected chi connectivity index (χ1v) is 7.64. The second-order valence-electron chi connectivity index (χ2n) is 5.06. The van der Waals surface area contributed by atoms with Gasteiger partial charge in [0.05, 0.1) is 7.11 Å². The summed E-state index contributed by atoms with van der Waals surface area (Å²) in [6.07, 6.45) is 5.70. The molecule has 0 saturated heterocycles. The van der Waals surface area contributed by atoms with Crippen LogP contribution in [0.5, 0.6) is 5.75 Å². The van der Waals surface area contributed by atoms with Crippen LogP contribution < -0.4 is 4.74 Å². The predicted molar refractivity (Wildman–Crippen MR) is 91.4 cm³/mol. The van der Waals surface area contributed by atoms with E-state index >= 15 is 0 Å². The van der Waals surface area contributed by atoms with Crippen molar-refractivity contribution in [3.63, 3.8) is 0 Å². The van der Waals surface area contributed by atoms with Gasteiger partial charge in [0.25, 0.3) is 0 Å². The molecule has 2 nitrogen and oxygen atoms in total. The van der Waals surface area contributed by atoms with E-state index in [1.165, 1.54) is 5.56 Å². The van der Waals surface area contributed by atoms with Crippen molar-refractivity contribution >= 4 is 23.5 Å². The van der Waals surface area contributed by atoms with E-state index in [-0.39, 0.29) is 5.78 Å². The van der Waals surface area contributed by atoms with Gasteiger partial charge in [-0.3, -0.25) is 4.79 Å². The van der Waals surface area contributed by atoms with Crippen LogP contribution in [0.15, 0.2) is 54.6 Å². The largest absolute Gasteiger partial charge is 0.497 e. The van der Waals surface area contributed by atoms with E-state index in [1.807, 2.05) is 48.5 Å². The van der Waals surface area contributed by atoms with Crippen LogP contribution in [0.3, 0.4) is 0 Å². The van der Waals surface area contributed by atoms with Crippen LogP contribution in [0.1, 0.15) is 24.0 Å². The van der Waals surface area contributed by atoms with E-state index in [1.54, 1.807) is 13.2 Å². The van der Waals surface area contributed by atoms with E-state index in [2.05, 4.69) is 6.07 Å². The first-order chi connectivity index (χ1) is 10.7. The van der Waals surface area contributed by atoms with Crippen molar-refractivity contribution in [3.05, 3.63) is 70.8 Å². The molecule has 0 bridgehead atoms. The number of hydrogen-bond acceptors (Lipinski definition) is 2. The molecule has 0 atom stereocenters. The maximum atomic E-state index is 11.9. The number of carbonyl (C=O) groups excluding carboxylic acids is 1. The quantitative estimate of drug-likeness (QED) is 0.676. The number of methoxy groups -OCH3 is 1. The molecule has 0 aliphatic carbocycles. The third-order valence-electron chi connectivity index (χ3n) is 3.35. The monoisotopic (exact) mass is 314 g/mol. The summed E-state index contributed by atoms with van der Waals surface area (Å²) in [5.41, 5.74) is 2.17. The minimum atomic E-state index is 0.137. The number of rotatable bonds is 7. The Hall–Kier alpha value is -2.06. The highest BCUT2D eigenvalue weighted by Gasteiger charge is 2.00. The summed E-state index contributed by atoms with van der Waals surface area (Å²) < 4.78 is 5.19. The van der Waals surface area contributed by atoms with Crippen molar-refractivity contribution in [2.75, 3.05) is 7.11 Å². The third-order valence-corrected chi connectivity index (χ3v) is 3.61. The Kier molecular flexibility index (Phi) is 6.23. The van der Waals surface area contributed by atoms with Gasteiger partial charge in [-0.15, -0.1) is 0 Å². The molecule has 0 aliphatic heterocycles. The van der Waals surface area contributed by atoms with Gasteiger partial charge in [-0.25, -0.2) is 0 Å². The zero-order valence-electron chi connectivity index (χ0n) is 12.6. The van der Waals surface area contributed by atoms with Crippen molar-refractivity contribution in [3.8, 4) is 5.75 Å². The molecule has 0 fully saturated rings. The fourth-order valence-electron chi connectivity index (χ4n) is 2.14. The second-order valence-corrected chi connectivity index (χ2v) is 5.49. The molecule has 0 saturated carbocycles. The van der Waals surface area contributed by atoms with Crippen LogP contribution in [0.4, 0.5) is 0 Å². The van der Waals surface area contributed by atoms with Crippen LogP contribution >= 0.6 is 11.6 Å². The molecule has 2 aromatic carbocycles. The minimum Gasteiger partial charge on any atom is -0.497 e. The summed E-state index contributed by atoms with van der Waals surface area (Å²) in [7, 11) is 1.66. The van der Waals surface area contributed by atoms with E-state index in [4.69, 9.17) is 16.3 Å². The lowest BCUT2D eigenvalue weighted by Gasteiger charge is -2.03. The number of hydrogen-bond donors (Lipinski definition) is 0. The molecule has 0 heterocycles. The van der Waals surface area contributed by atoms with Crippen molar-refractivity contribution in [2.24, 2.45) is 0 Å². The Balaban J connectivity index is 1.78.